The molecule has 4 nitrogen and oxygen atoms in total. The average Bonchev–Trinajstić information content (AvgIpc) is 3.23. The number of nitrogens with zero attached hydrogens (tertiary/aromatic N) is 4. The normalized spacial score (nSPS) is 11.1. The van der Waals surface area contributed by atoms with Crippen molar-refractivity contribution in [3.8, 4) is 34.4 Å². The first kappa shape index (κ1) is 20.2. The Morgan fingerprint density at radius 3 is 1.97 bits per heavy atom. The van der Waals surface area contributed by atoms with Crippen LogP contribution in [0.5, 0.6) is 0 Å². The fourth-order valence-electron chi connectivity index (χ4n) is 4.45. The van der Waals surface area contributed by atoms with Gasteiger partial charge < -0.3 is 4.57 Å². The fourth-order valence-corrected chi connectivity index (χ4v) is 4.66. The molecule has 0 saturated carbocycles. The van der Waals surface area contributed by atoms with E-state index in [1.54, 1.807) is 0 Å². The second-order valence-electron chi connectivity index (χ2n) is 7.96. The van der Waals surface area contributed by atoms with Crippen molar-refractivity contribution < 1.29 is 0 Å². The summed E-state index contributed by atoms with van der Waals surface area (Å²) >= 11 is 6.45. The summed E-state index contributed by atoms with van der Waals surface area (Å²) < 4.78 is 2.25. The van der Waals surface area contributed by atoms with E-state index in [4.69, 9.17) is 16.6 Å². The number of para-hydroxylation sites is 2. The Bertz CT molecular complexity index is 1680. The molecular weight excluding hydrogens is 440 g/mol. The molecule has 0 aliphatic carbocycles. The van der Waals surface area contributed by atoms with Gasteiger partial charge in [-0.1, -0.05) is 90.5 Å². The smallest absolute Gasteiger partial charge is 0.161 e. The van der Waals surface area contributed by atoms with E-state index in [0.29, 0.717) is 11.5 Å². The van der Waals surface area contributed by atoms with E-state index < -0.39 is 0 Å². The van der Waals surface area contributed by atoms with Gasteiger partial charge in [0.15, 0.2) is 11.0 Å². The molecule has 4 aromatic carbocycles. The van der Waals surface area contributed by atoms with Crippen LogP contribution in [-0.2, 0) is 0 Å². The minimum atomic E-state index is 0.147. The van der Waals surface area contributed by atoms with E-state index in [-0.39, 0.29) is 10.7 Å². The Balaban J connectivity index is 1.57. The molecule has 0 unspecified atom stereocenters. The number of rotatable bonds is 3. The van der Waals surface area contributed by atoms with E-state index in [1.165, 1.54) is 10.8 Å². The third-order valence-corrected chi connectivity index (χ3v) is 6.24. The zero-order valence-electron chi connectivity index (χ0n) is 18.0. The minimum Gasteiger partial charge on any atom is -0.309 e. The van der Waals surface area contributed by atoms with Crippen LogP contribution < -0.4 is 0 Å². The minimum absolute atomic E-state index is 0.147. The number of hydrogen-bond acceptors (Lipinski definition) is 3. The molecule has 0 N–H and O–H groups in total. The summed E-state index contributed by atoms with van der Waals surface area (Å²) in [6.07, 6.45) is 0. The Hall–Kier alpha value is -4.46. The molecule has 5 heteroatoms. The Morgan fingerprint density at radius 1 is 0.676 bits per heavy atom. The third kappa shape index (κ3) is 3.23. The number of nitriles is 1. The lowest BCUT2D eigenvalue weighted by Crippen LogP contribution is -1.99. The molecule has 0 atom stereocenters. The number of fused-ring (bicyclic) bond motifs is 3. The van der Waals surface area contributed by atoms with E-state index in [2.05, 4.69) is 76.3 Å². The van der Waals surface area contributed by atoms with Crippen molar-refractivity contribution in [3.05, 3.63) is 114 Å². The average molecular weight is 457 g/mol. The molecule has 34 heavy (non-hydrogen) atoms. The molecule has 6 rings (SSSR count). The van der Waals surface area contributed by atoms with Gasteiger partial charge in [-0.25, -0.2) is 9.97 Å². The SMILES string of the molecule is N#Cc1c(Cl)nc(-c2cccc(-n3c4ccccc4c4ccccc43)c2)nc1-c1ccccc1. The highest BCUT2D eigenvalue weighted by atomic mass is 35.5. The van der Waals surface area contributed by atoms with Crippen LogP contribution in [0.15, 0.2) is 103 Å². The molecule has 0 aliphatic rings. The predicted molar refractivity (Wildman–Crippen MR) is 137 cm³/mol. The highest BCUT2D eigenvalue weighted by Crippen LogP contribution is 2.34. The van der Waals surface area contributed by atoms with Gasteiger partial charge in [0.2, 0.25) is 0 Å². The second-order valence-corrected chi connectivity index (χ2v) is 8.32. The van der Waals surface area contributed by atoms with Gasteiger partial charge in [0.05, 0.1) is 16.7 Å². The van der Waals surface area contributed by atoms with Crippen molar-refractivity contribution >= 4 is 33.4 Å². The summed E-state index contributed by atoms with van der Waals surface area (Å²) in [6, 6.07) is 36.6. The second kappa shape index (κ2) is 8.15. The Labute approximate surface area is 201 Å². The van der Waals surface area contributed by atoms with Crippen molar-refractivity contribution in [1.29, 1.82) is 5.26 Å². The van der Waals surface area contributed by atoms with E-state index >= 15 is 0 Å². The summed E-state index contributed by atoms with van der Waals surface area (Å²) in [5.41, 5.74) is 5.70. The van der Waals surface area contributed by atoms with Crippen molar-refractivity contribution in [2.45, 2.75) is 0 Å². The molecule has 0 spiro atoms. The van der Waals surface area contributed by atoms with Gasteiger partial charge in [-0.15, -0.1) is 0 Å². The van der Waals surface area contributed by atoms with Gasteiger partial charge in [-0.05, 0) is 24.3 Å². The molecule has 0 fully saturated rings. The first-order chi connectivity index (χ1) is 16.7. The number of hydrogen-bond donors (Lipinski definition) is 0. The van der Waals surface area contributed by atoms with Gasteiger partial charge in [-0.2, -0.15) is 5.26 Å². The van der Waals surface area contributed by atoms with Gasteiger partial charge in [0.1, 0.15) is 11.6 Å². The maximum absolute atomic E-state index is 9.67. The van der Waals surface area contributed by atoms with Crippen LogP contribution in [0.1, 0.15) is 5.56 Å². The molecule has 0 amide bonds. The first-order valence-corrected chi connectivity index (χ1v) is 11.2. The quantitative estimate of drug-likeness (QED) is 0.260. The van der Waals surface area contributed by atoms with Crippen LogP contribution >= 0.6 is 11.6 Å². The van der Waals surface area contributed by atoms with Gasteiger partial charge in [0, 0.05) is 27.6 Å². The molecule has 2 heterocycles. The maximum atomic E-state index is 9.67. The van der Waals surface area contributed by atoms with Crippen molar-refractivity contribution in [2.75, 3.05) is 0 Å². The lowest BCUT2D eigenvalue weighted by atomic mass is 10.1. The summed E-state index contributed by atoms with van der Waals surface area (Å²) in [5.74, 6) is 0.477. The topological polar surface area (TPSA) is 54.5 Å². The fraction of sp³-hybridized carbons (Fsp3) is 0. The molecule has 0 saturated heterocycles. The van der Waals surface area contributed by atoms with Gasteiger partial charge in [-0.3, -0.25) is 0 Å². The van der Waals surface area contributed by atoms with Crippen LogP contribution in [0.4, 0.5) is 0 Å². The van der Waals surface area contributed by atoms with E-state index in [9.17, 15) is 5.26 Å². The Morgan fingerprint density at radius 2 is 1.29 bits per heavy atom. The molecular formula is C29H17ClN4. The highest BCUT2D eigenvalue weighted by Gasteiger charge is 2.17. The molecule has 6 aromatic rings. The molecule has 0 aliphatic heterocycles. The van der Waals surface area contributed by atoms with E-state index in [1.807, 2.05) is 42.5 Å². The monoisotopic (exact) mass is 456 g/mol. The molecule has 0 bridgehead atoms. The molecule has 2 aromatic heterocycles. The van der Waals surface area contributed by atoms with Crippen LogP contribution in [-0.4, -0.2) is 14.5 Å². The zero-order chi connectivity index (χ0) is 23.1. The number of aromatic nitrogens is 3. The predicted octanol–water partition coefficient (Wildman–Crippen LogP) is 7.43. The lowest BCUT2D eigenvalue weighted by molar-refractivity contribution is 1.15. The third-order valence-electron chi connectivity index (χ3n) is 5.97. The van der Waals surface area contributed by atoms with Crippen molar-refractivity contribution in [2.24, 2.45) is 0 Å². The van der Waals surface area contributed by atoms with Crippen LogP contribution in [0.3, 0.4) is 0 Å². The Kier molecular flexibility index (Phi) is 4.83. The van der Waals surface area contributed by atoms with Gasteiger partial charge >= 0.3 is 0 Å². The van der Waals surface area contributed by atoms with Gasteiger partial charge in [0.25, 0.3) is 0 Å². The van der Waals surface area contributed by atoms with Crippen molar-refractivity contribution in [3.63, 3.8) is 0 Å². The standard InChI is InChI=1S/C29H17ClN4/c30-28-24(18-31)27(19-9-2-1-3-10-19)32-29(33-28)20-11-8-12-21(17-20)34-25-15-6-4-13-22(25)23-14-5-7-16-26(23)34/h1-17H. The van der Waals surface area contributed by atoms with E-state index in [0.717, 1.165) is 27.8 Å². The molecule has 160 valence electrons. The number of halogens is 1. The highest BCUT2D eigenvalue weighted by molar-refractivity contribution is 6.31. The first-order valence-electron chi connectivity index (χ1n) is 10.9. The van der Waals surface area contributed by atoms with Crippen LogP contribution in [0.2, 0.25) is 5.15 Å². The van der Waals surface area contributed by atoms with Crippen LogP contribution in [0, 0.1) is 11.3 Å². The van der Waals surface area contributed by atoms with Crippen molar-refractivity contribution in [1.82, 2.24) is 14.5 Å². The zero-order valence-corrected chi connectivity index (χ0v) is 18.7. The number of benzene rings is 4. The summed E-state index contributed by atoms with van der Waals surface area (Å²) in [7, 11) is 0. The lowest BCUT2D eigenvalue weighted by Gasteiger charge is -2.11. The molecule has 0 radical (unpaired) electrons. The largest absolute Gasteiger partial charge is 0.309 e. The van der Waals surface area contributed by atoms with Crippen LogP contribution in [0.25, 0.3) is 50.1 Å². The summed E-state index contributed by atoms with van der Waals surface area (Å²) in [4.78, 5) is 9.23. The maximum Gasteiger partial charge on any atom is 0.161 e. The summed E-state index contributed by atoms with van der Waals surface area (Å²) in [5, 5.41) is 12.2. The summed E-state index contributed by atoms with van der Waals surface area (Å²) in [6.45, 7) is 0.